The monoisotopic (exact) mass is 365 g/mol. The number of hydrogen-bond donors (Lipinski definition) is 1. The molecule has 0 aromatic heterocycles. The summed E-state index contributed by atoms with van der Waals surface area (Å²) < 4.78 is 11.6. The molecule has 1 N–H and O–H groups in total. The van der Waals surface area contributed by atoms with Gasteiger partial charge in [-0.2, -0.15) is 0 Å². The van der Waals surface area contributed by atoms with Crippen LogP contribution in [0, 0.1) is 0 Å². The van der Waals surface area contributed by atoms with E-state index in [-0.39, 0.29) is 24.7 Å². The van der Waals surface area contributed by atoms with Crippen molar-refractivity contribution in [3.63, 3.8) is 0 Å². The van der Waals surface area contributed by atoms with Gasteiger partial charge in [0.25, 0.3) is 0 Å². The average molecular weight is 365 g/mol. The van der Waals surface area contributed by atoms with Crippen molar-refractivity contribution in [2.75, 3.05) is 13.1 Å². The first-order chi connectivity index (χ1) is 13.2. The SMILES string of the molecule is O=C(CNCC(=O)[C@H]1CCc2ccccc2O1)[C@@H]1CCc2ccccc2O1. The van der Waals surface area contributed by atoms with Crippen LogP contribution >= 0.6 is 0 Å². The van der Waals surface area contributed by atoms with Gasteiger partial charge < -0.3 is 14.8 Å². The van der Waals surface area contributed by atoms with Crippen molar-refractivity contribution in [2.45, 2.75) is 37.9 Å². The van der Waals surface area contributed by atoms with E-state index in [1.54, 1.807) is 0 Å². The number of fused-ring (bicyclic) bond motifs is 2. The third-order valence-corrected chi connectivity index (χ3v) is 5.15. The third kappa shape index (κ3) is 4.03. The number of aryl methyl sites for hydroxylation is 2. The summed E-state index contributed by atoms with van der Waals surface area (Å²) >= 11 is 0. The number of carbonyl (C=O) groups excluding carboxylic acids is 2. The maximum atomic E-state index is 12.4. The molecule has 0 aliphatic carbocycles. The lowest BCUT2D eigenvalue weighted by Crippen LogP contribution is -2.42. The highest BCUT2D eigenvalue weighted by Crippen LogP contribution is 2.28. The molecule has 27 heavy (non-hydrogen) atoms. The summed E-state index contributed by atoms with van der Waals surface area (Å²) in [6, 6.07) is 15.6. The fourth-order valence-electron chi connectivity index (χ4n) is 3.64. The Hall–Kier alpha value is -2.66. The van der Waals surface area contributed by atoms with Crippen molar-refractivity contribution in [1.29, 1.82) is 0 Å². The fraction of sp³-hybridized carbons (Fsp3) is 0.364. The second-order valence-corrected chi connectivity index (χ2v) is 7.04. The topological polar surface area (TPSA) is 64.6 Å². The number of benzene rings is 2. The second kappa shape index (κ2) is 7.92. The van der Waals surface area contributed by atoms with Crippen LogP contribution < -0.4 is 14.8 Å². The maximum absolute atomic E-state index is 12.4. The van der Waals surface area contributed by atoms with Crippen LogP contribution in [0.4, 0.5) is 0 Å². The van der Waals surface area contributed by atoms with Crippen molar-refractivity contribution < 1.29 is 19.1 Å². The molecule has 0 bridgehead atoms. The van der Waals surface area contributed by atoms with Gasteiger partial charge in [-0.25, -0.2) is 0 Å². The van der Waals surface area contributed by atoms with Crippen molar-refractivity contribution in [3.8, 4) is 11.5 Å². The minimum atomic E-state index is -0.444. The molecule has 0 saturated carbocycles. The molecule has 0 fully saturated rings. The summed E-state index contributed by atoms with van der Waals surface area (Å²) in [7, 11) is 0. The van der Waals surface area contributed by atoms with E-state index in [0.29, 0.717) is 12.8 Å². The summed E-state index contributed by atoms with van der Waals surface area (Å²) in [5, 5.41) is 2.97. The molecule has 140 valence electrons. The van der Waals surface area contributed by atoms with E-state index in [4.69, 9.17) is 9.47 Å². The number of para-hydroxylation sites is 2. The molecule has 2 heterocycles. The number of nitrogens with one attached hydrogen (secondary N) is 1. The highest BCUT2D eigenvalue weighted by atomic mass is 16.5. The van der Waals surface area contributed by atoms with Gasteiger partial charge in [-0.3, -0.25) is 9.59 Å². The molecule has 5 nitrogen and oxygen atoms in total. The summed E-state index contributed by atoms with van der Waals surface area (Å²) in [5.74, 6) is 1.53. The van der Waals surface area contributed by atoms with Crippen molar-refractivity contribution in [1.82, 2.24) is 5.32 Å². The van der Waals surface area contributed by atoms with Crippen LogP contribution in [0.2, 0.25) is 0 Å². The molecule has 2 aromatic carbocycles. The van der Waals surface area contributed by atoms with Gasteiger partial charge in [-0.05, 0) is 48.9 Å². The molecule has 5 heteroatoms. The van der Waals surface area contributed by atoms with Gasteiger partial charge in [0.1, 0.15) is 11.5 Å². The lowest BCUT2D eigenvalue weighted by molar-refractivity contribution is -0.127. The highest BCUT2D eigenvalue weighted by molar-refractivity contribution is 5.88. The van der Waals surface area contributed by atoms with Gasteiger partial charge in [-0.1, -0.05) is 36.4 Å². The molecule has 0 radical (unpaired) electrons. The zero-order valence-corrected chi connectivity index (χ0v) is 15.1. The largest absolute Gasteiger partial charge is 0.482 e. The Balaban J connectivity index is 1.24. The van der Waals surface area contributed by atoms with E-state index in [0.717, 1.165) is 35.5 Å². The molecule has 0 spiro atoms. The van der Waals surface area contributed by atoms with Crippen LogP contribution in [0.15, 0.2) is 48.5 Å². The number of rotatable bonds is 6. The average Bonchev–Trinajstić information content (AvgIpc) is 2.72. The summed E-state index contributed by atoms with van der Waals surface area (Å²) in [4.78, 5) is 24.8. The maximum Gasteiger partial charge on any atom is 0.186 e. The van der Waals surface area contributed by atoms with Gasteiger partial charge in [0, 0.05) is 0 Å². The molecule has 2 aliphatic heterocycles. The Bertz CT molecular complexity index is 778. The molecular formula is C22H23NO4. The first kappa shape index (κ1) is 17.7. The van der Waals surface area contributed by atoms with E-state index >= 15 is 0 Å². The first-order valence-electron chi connectivity index (χ1n) is 9.46. The predicted molar refractivity (Wildman–Crippen MR) is 101 cm³/mol. The third-order valence-electron chi connectivity index (χ3n) is 5.15. The van der Waals surface area contributed by atoms with Crippen LogP contribution in [0.3, 0.4) is 0 Å². The van der Waals surface area contributed by atoms with E-state index in [1.165, 1.54) is 0 Å². The van der Waals surface area contributed by atoms with E-state index in [1.807, 2.05) is 48.5 Å². The smallest absolute Gasteiger partial charge is 0.186 e. The number of ketones is 2. The molecule has 4 rings (SSSR count). The van der Waals surface area contributed by atoms with Crippen molar-refractivity contribution >= 4 is 11.6 Å². The highest BCUT2D eigenvalue weighted by Gasteiger charge is 2.27. The van der Waals surface area contributed by atoms with Crippen LogP contribution in [-0.2, 0) is 22.4 Å². The quantitative estimate of drug-likeness (QED) is 0.852. The molecule has 2 atom stereocenters. The molecule has 2 aliphatic rings. The summed E-state index contributed by atoms with van der Waals surface area (Å²) in [5.41, 5.74) is 2.28. The Morgan fingerprint density at radius 2 is 1.22 bits per heavy atom. The van der Waals surface area contributed by atoms with Crippen LogP contribution in [0.25, 0.3) is 0 Å². The minimum Gasteiger partial charge on any atom is -0.482 e. The normalized spacial score (nSPS) is 20.6. The fourth-order valence-corrected chi connectivity index (χ4v) is 3.64. The van der Waals surface area contributed by atoms with Crippen molar-refractivity contribution in [3.05, 3.63) is 59.7 Å². The van der Waals surface area contributed by atoms with Gasteiger partial charge in [0.15, 0.2) is 23.8 Å². The zero-order valence-electron chi connectivity index (χ0n) is 15.1. The Labute approximate surface area is 158 Å². The molecule has 0 unspecified atom stereocenters. The van der Waals surface area contributed by atoms with Gasteiger partial charge in [0.2, 0.25) is 0 Å². The predicted octanol–water partition coefficient (Wildman–Crippen LogP) is 2.50. The molecular weight excluding hydrogens is 342 g/mol. The van der Waals surface area contributed by atoms with Crippen LogP contribution in [0.1, 0.15) is 24.0 Å². The minimum absolute atomic E-state index is 0.0211. The number of Topliss-reactive ketones (excluding diaryl/α,β-unsaturated/α-hetero) is 2. The summed E-state index contributed by atoms with van der Waals surface area (Å²) in [6.07, 6.45) is 2.13. The van der Waals surface area contributed by atoms with E-state index in [9.17, 15) is 9.59 Å². The zero-order chi connectivity index (χ0) is 18.6. The van der Waals surface area contributed by atoms with Gasteiger partial charge in [-0.15, -0.1) is 0 Å². The summed E-state index contributed by atoms with van der Waals surface area (Å²) in [6.45, 7) is 0.254. The van der Waals surface area contributed by atoms with E-state index in [2.05, 4.69) is 5.32 Å². The van der Waals surface area contributed by atoms with Gasteiger partial charge >= 0.3 is 0 Å². The Kier molecular flexibility index (Phi) is 5.21. The lowest BCUT2D eigenvalue weighted by atomic mass is 9.99. The van der Waals surface area contributed by atoms with Crippen LogP contribution in [-0.4, -0.2) is 36.9 Å². The Morgan fingerprint density at radius 1 is 0.778 bits per heavy atom. The molecule has 0 amide bonds. The van der Waals surface area contributed by atoms with Gasteiger partial charge in [0.05, 0.1) is 13.1 Å². The van der Waals surface area contributed by atoms with Crippen LogP contribution in [0.5, 0.6) is 11.5 Å². The number of carbonyl (C=O) groups is 2. The first-order valence-corrected chi connectivity index (χ1v) is 9.46. The Morgan fingerprint density at radius 3 is 1.70 bits per heavy atom. The second-order valence-electron chi connectivity index (χ2n) is 7.04. The molecule has 2 aromatic rings. The van der Waals surface area contributed by atoms with Crippen molar-refractivity contribution in [2.24, 2.45) is 0 Å². The number of ether oxygens (including phenoxy) is 2. The molecule has 0 saturated heterocycles. The van der Waals surface area contributed by atoms with E-state index < -0.39 is 12.2 Å². The standard InChI is InChI=1S/C22H23NO4/c24-17(21-11-9-15-5-1-3-7-19(15)26-21)13-23-14-18(25)22-12-10-16-6-2-4-8-20(16)27-22/h1-8,21-23H,9-14H2/t21-,22+. The lowest BCUT2D eigenvalue weighted by Gasteiger charge is -2.26. The number of hydrogen-bond acceptors (Lipinski definition) is 5.